The molecule has 0 radical (unpaired) electrons. The van der Waals surface area contributed by atoms with E-state index in [1.807, 2.05) is 19.1 Å². The normalized spacial score (nSPS) is 12.4. The number of nitrogens with one attached hydrogen (secondary N) is 1. The van der Waals surface area contributed by atoms with Gasteiger partial charge in [0.1, 0.15) is 5.82 Å². The number of likely N-dealkylation sites (N-methyl/N-ethyl adjacent to an activating group) is 1. The van der Waals surface area contributed by atoms with Crippen LogP contribution in [0.5, 0.6) is 0 Å². The van der Waals surface area contributed by atoms with E-state index in [0.717, 1.165) is 12.1 Å². The predicted molar refractivity (Wildman–Crippen MR) is 90.7 cm³/mol. The average Bonchev–Trinajstić information content (AvgIpc) is 2.42. The molecule has 106 valence electrons. The van der Waals surface area contributed by atoms with Crippen molar-refractivity contribution in [3.63, 3.8) is 0 Å². The fourth-order valence-electron chi connectivity index (χ4n) is 2.21. The standard InChI is InChI=1S/C16H16ClFIN/c1-2-20-16(11-5-3-6-12(19)9-11)10-13-14(17)7-4-8-15(13)18/h3-9,16,20H,2,10H2,1H3. The molecule has 2 aromatic rings. The molecule has 0 aliphatic carbocycles. The van der Waals surface area contributed by atoms with Crippen molar-refractivity contribution >= 4 is 34.2 Å². The van der Waals surface area contributed by atoms with Crippen molar-refractivity contribution < 1.29 is 4.39 Å². The van der Waals surface area contributed by atoms with Crippen LogP contribution in [-0.2, 0) is 6.42 Å². The Morgan fingerprint density at radius 1 is 1.25 bits per heavy atom. The molecule has 2 aromatic carbocycles. The molecule has 1 N–H and O–H groups in total. The molecule has 0 aliphatic rings. The number of halogens is 3. The highest BCUT2D eigenvalue weighted by atomic mass is 127. The number of hydrogen-bond donors (Lipinski definition) is 1. The SMILES string of the molecule is CCNC(Cc1c(F)cccc1Cl)c1cccc(I)c1. The third-order valence-corrected chi connectivity index (χ3v) is 4.20. The van der Waals surface area contributed by atoms with Crippen molar-refractivity contribution in [3.05, 3.63) is 68.0 Å². The van der Waals surface area contributed by atoms with E-state index in [-0.39, 0.29) is 11.9 Å². The number of rotatable bonds is 5. The van der Waals surface area contributed by atoms with Gasteiger partial charge in [0.15, 0.2) is 0 Å². The third kappa shape index (κ3) is 3.93. The minimum absolute atomic E-state index is 0.0594. The van der Waals surface area contributed by atoms with Gasteiger partial charge in [0, 0.05) is 20.2 Å². The summed E-state index contributed by atoms with van der Waals surface area (Å²) in [7, 11) is 0. The van der Waals surface area contributed by atoms with Gasteiger partial charge in [-0.3, -0.25) is 0 Å². The van der Waals surface area contributed by atoms with Crippen molar-refractivity contribution in [1.29, 1.82) is 0 Å². The Morgan fingerprint density at radius 3 is 2.65 bits per heavy atom. The van der Waals surface area contributed by atoms with Crippen LogP contribution in [0.4, 0.5) is 4.39 Å². The summed E-state index contributed by atoms with van der Waals surface area (Å²) < 4.78 is 15.1. The van der Waals surface area contributed by atoms with Gasteiger partial charge in [-0.2, -0.15) is 0 Å². The molecule has 1 atom stereocenters. The minimum atomic E-state index is -0.244. The molecule has 0 bridgehead atoms. The van der Waals surface area contributed by atoms with Gasteiger partial charge in [0.25, 0.3) is 0 Å². The summed E-state index contributed by atoms with van der Waals surface area (Å²) in [5, 5.41) is 3.89. The second-order valence-electron chi connectivity index (χ2n) is 4.57. The average molecular weight is 404 g/mol. The predicted octanol–water partition coefficient (Wildman–Crippen LogP) is 4.98. The van der Waals surface area contributed by atoms with E-state index in [9.17, 15) is 4.39 Å². The van der Waals surface area contributed by atoms with Gasteiger partial charge in [0.05, 0.1) is 0 Å². The monoisotopic (exact) mass is 403 g/mol. The summed E-state index contributed by atoms with van der Waals surface area (Å²) >= 11 is 8.41. The van der Waals surface area contributed by atoms with Crippen molar-refractivity contribution in [2.75, 3.05) is 6.54 Å². The summed E-state index contributed by atoms with van der Waals surface area (Å²) in [4.78, 5) is 0. The lowest BCUT2D eigenvalue weighted by Crippen LogP contribution is -2.23. The molecule has 0 heterocycles. The van der Waals surface area contributed by atoms with Gasteiger partial charge in [-0.05, 0) is 65.4 Å². The van der Waals surface area contributed by atoms with Crippen LogP contribution in [0.1, 0.15) is 24.1 Å². The second-order valence-corrected chi connectivity index (χ2v) is 6.22. The van der Waals surface area contributed by atoms with E-state index < -0.39 is 0 Å². The first-order valence-electron chi connectivity index (χ1n) is 6.53. The Balaban J connectivity index is 2.30. The van der Waals surface area contributed by atoms with Crippen LogP contribution in [0.25, 0.3) is 0 Å². The molecular formula is C16H16ClFIN. The lowest BCUT2D eigenvalue weighted by atomic mass is 9.98. The Labute approximate surface area is 137 Å². The summed E-state index contributed by atoms with van der Waals surface area (Å²) in [5.41, 5.74) is 1.72. The second kappa shape index (κ2) is 7.38. The lowest BCUT2D eigenvalue weighted by Gasteiger charge is -2.20. The Morgan fingerprint density at radius 2 is 2.00 bits per heavy atom. The van der Waals surface area contributed by atoms with Gasteiger partial charge < -0.3 is 5.32 Å². The first-order chi connectivity index (χ1) is 9.61. The van der Waals surface area contributed by atoms with E-state index in [1.165, 1.54) is 9.64 Å². The Bertz CT molecular complexity index is 568. The zero-order valence-corrected chi connectivity index (χ0v) is 14.1. The molecule has 1 nitrogen and oxygen atoms in total. The van der Waals surface area contributed by atoms with Crippen molar-refractivity contribution in [3.8, 4) is 0 Å². The fourth-order valence-corrected chi connectivity index (χ4v) is 3.02. The van der Waals surface area contributed by atoms with E-state index >= 15 is 0 Å². The van der Waals surface area contributed by atoms with E-state index in [1.54, 1.807) is 12.1 Å². The first-order valence-corrected chi connectivity index (χ1v) is 7.99. The molecule has 4 heteroatoms. The zero-order valence-electron chi connectivity index (χ0n) is 11.2. The number of benzene rings is 2. The fraction of sp³-hybridized carbons (Fsp3) is 0.250. The molecule has 20 heavy (non-hydrogen) atoms. The first kappa shape index (κ1) is 15.7. The summed E-state index contributed by atoms with van der Waals surface area (Å²) in [5.74, 6) is -0.244. The Kier molecular flexibility index (Phi) is 5.81. The summed E-state index contributed by atoms with van der Waals surface area (Å²) in [6.45, 7) is 2.87. The van der Waals surface area contributed by atoms with Crippen molar-refractivity contribution in [1.82, 2.24) is 5.32 Å². The molecule has 2 rings (SSSR count). The topological polar surface area (TPSA) is 12.0 Å². The van der Waals surface area contributed by atoms with Crippen LogP contribution in [0.3, 0.4) is 0 Å². The smallest absolute Gasteiger partial charge is 0.127 e. The maximum Gasteiger partial charge on any atom is 0.127 e. The maximum atomic E-state index is 13.9. The van der Waals surface area contributed by atoms with Crippen molar-refractivity contribution in [2.24, 2.45) is 0 Å². The highest BCUT2D eigenvalue weighted by Crippen LogP contribution is 2.26. The molecule has 0 aliphatic heterocycles. The molecule has 0 saturated heterocycles. The highest BCUT2D eigenvalue weighted by molar-refractivity contribution is 14.1. The van der Waals surface area contributed by atoms with E-state index in [0.29, 0.717) is 17.0 Å². The van der Waals surface area contributed by atoms with E-state index in [2.05, 4.69) is 40.0 Å². The minimum Gasteiger partial charge on any atom is -0.310 e. The molecule has 0 spiro atoms. The summed E-state index contributed by atoms with van der Waals surface area (Å²) in [6, 6.07) is 13.1. The lowest BCUT2D eigenvalue weighted by molar-refractivity contribution is 0.528. The van der Waals surface area contributed by atoms with Gasteiger partial charge >= 0.3 is 0 Å². The van der Waals surface area contributed by atoms with Gasteiger partial charge in [-0.15, -0.1) is 0 Å². The van der Waals surface area contributed by atoms with Crippen LogP contribution in [0, 0.1) is 9.39 Å². The van der Waals surface area contributed by atoms with Crippen LogP contribution < -0.4 is 5.32 Å². The van der Waals surface area contributed by atoms with Crippen LogP contribution >= 0.6 is 34.2 Å². The molecule has 0 saturated carbocycles. The highest BCUT2D eigenvalue weighted by Gasteiger charge is 2.16. The van der Waals surface area contributed by atoms with Gasteiger partial charge in [0.2, 0.25) is 0 Å². The number of hydrogen-bond acceptors (Lipinski definition) is 1. The van der Waals surface area contributed by atoms with Crippen LogP contribution in [0.15, 0.2) is 42.5 Å². The van der Waals surface area contributed by atoms with Gasteiger partial charge in [-0.25, -0.2) is 4.39 Å². The van der Waals surface area contributed by atoms with Crippen LogP contribution in [-0.4, -0.2) is 6.54 Å². The van der Waals surface area contributed by atoms with E-state index in [4.69, 9.17) is 11.6 Å². The summed E-state index contributed by atoms with van der Waals surface area (Å²) in [6.07, 6.45) is 0.541. The molecule has 0 amide bonds. The largest absolute Gasteiger partial charge is 0.310 e. The Hall–Kier alpha value is -0.650. The molecule has 0 fully saturated rings. The molecule has 0 aromatic heterocycles. The van der Waals surface area contributed by atoms with Crippen molar-refractivity contribution in [2.45, 2.75) is 19.4 Å². The molecular weight excluding hydrogens is 388 g/mol. The van der Waals surface area contributed by atoms with Crippen LogP contribution in [0.2, 0.25) is 5.02 Å². The third-order valence-electron chi connectivity index (χ3n) is 3.17. The maximum absolute atomic E-state index is 13.9. The molecule has 1 unspecified atom stereocenters. The zero-order chi connectivity index (χ0) is 14.5. The van der Waals surface area contributed by atoms with Gasteiger partial charge in [-0.1, -0.05) is 36.7 Å². The quantitative estimate of drug-likeness (QED) is 0.695.